The largest absolute Gasteiger partial charge is 0.379 e. The van der Waals surface area contributed by atoms with E-state index >= 15 is 0 Å². The molecule has 0 radical (unpaired) electrons. The third kappa shape index (κ3) is 2.47. The zero-order chi connectivity index (χ0) is 13.2. The lowest BCUT2D eigenvalue weighted by atomic mass is 9.91. The molecule has 2 heterocycles. The van der Waals surface area contributed by atoms with E-state index in [-0.39, 0.29) is 5.78 Å². The number of Topliss-reactive ketones (excluding diaryl/α,β-unsaturated/α-hetero) is 1. The van der Waals surface area contributed by atoms with Crippen LogP contribution in [0.2, 0.25) is 0 Å². The molecule has 0 saturated carbocycles. The Morgan fingerprint density at radius 1 is 1.61 bits per heavy atom. The topological polar surface area (TPSA) is 70.1 Å². The van der Waals surface area contributed by atoms with Crippen LogP contribution in [0, 0.1) is 0 Å². The van der Waals surface area contributed by atoms with Crippen LogP contribution in [0.1, 0.15) is 31.7 Å². The zero-order valence-corrected chi connectivity index (χ0v) is 11.1. The van der Waals surface area contributed by atoms with Gasteiger partial charge in [-0.05, 0) is 25.8 Å². The van der Waals surface area contributed by atoms with E-state index < -0.39 is 5.54 Å². The van der Waals surface area contributed by atoms with E-state index in [2.05, 4.69) is 12.0 Å². The fraction of sp³-hybridized carbons (Fsp3) is 0.692. The Bertz CT molecular complexity index is 433. The van der Waals surface area contributed by atoms with Crippen LogP contribution in [-0.4, -0.2) is 34.3 Å². The highest BCUT2D eigenvalue weighted by molar-refractivity contribution is 5.90. The maximum Gasteiger partial charge on any atom is 0.161 e. The molecule has 1 atom stereocenters. The van der Waals surface area contributed by atoms with E-state index in [0.717, 1.165) is 24.4 Å². The monoisotopic (exact) mass is 251 g/mol. The Balaban J connectivity index is 2.13. The van der Waals surface area contributed by atoms with Crippen molar-refractivity contribution >= 4 is 5.78 Å². The van der Waals surface area contributed by atoms with E-state index in [4.69, 9.17) is 10.5 Å². The van der Waals surface area contributed by atoms with E-state index in [0.29, 0.717) is 26.1 Å². The van der Waals surface area contributed by atoms with Crippen molar-refractivity contribution in [3.8, 4) is 0 Å². The molecule has 0 aliphatic carbocycles. The van der Waals surface area contributed by atoms with E-state index in [1.807, 2.05) is 17.7 Å². The minimum Gasteiger partial charge on any atom is -0.379 e. The molecule has 1 aliphatic heterocycles. The molecule has 1 aliphatic rings. The SMILES string of the molecule is CCc1cc(CC(=O)C2(N)CCOC2)n(CC)n1. The number of carbonyl (C=O) groups is 1. The Hall–Kier alpha value is -1.20. The van der Waals surface area contributed by atoms with Crippen LogP contribution in [-0.2, 0) is 28.9 Å². The van der Waals surface area contributed by atoms with Crippen LogP contribution in [0.5, 0.6) is 0 Å². The first kappa shape index (κ1) is 13.2. The van der Waals surface area contributed by atoms with Crippen LogP contribution < -0.4 is 5.73 Å². The average Bonchev–Trinajstić information content (AvgIpc) is 2.96. The Labute approximate surface area is 107 Å². The normalized spacial score (nSPS) is 23.5. The first-order chi connectivity index (χ1) is 8.59. The number of nitrogens with two attached hydrogens (primary N) is 1. The lowest BCUT2D eigenvalue weighted by Crippen LogP contribution is -2.49. The van der Waals surface area contributed by atoms with Gasteiger partial charge >= 0.3 is 0 Å². The van der Waals surface area contributed by atoms with Crippen molar-refractivity contribution in [2.24, 2.45) is 5.73 Å². The molecule has 1 saturated heterocycles. The molecule has 5 heteroatoms. The van der Waals surface area contributed by atoms with Crippen molar-refractivity contribution in [2.75, 3.05) is 13.2 Å². The van der Waals surface area contributed by atoms with Gasteiger partial charge in [-0.3, -0.25) is 9.48 Å². The first-order valence-electron chi connectivity index (χ1n) is 6.54. The van der Waals surface area contributed by atoms with E-state index in [1.54, 1.807) is 0 Å². The second-order valence-electron chi connectivity index (χ2n) is 4.86. The summed E-state index contributed by atoms with van der Waals surface area (Å²) in [6.45, 7) is 5.78. The fourth-order valence-corrected chi connectivity index (χ4v) is 2.25. The summed E-state index contributed by atoms with van der Waals surface area (Å²) in [5.74, 6) is 0.0530. The predicted octanol–water partition coefficient (Wildman–Crippen LogP) is 0.695. The summed E-state index contributed by atoms with van der Waals surface area (Å²) in [7, 11) is 0. The summed E-state index contributed by atoms with van der Waals surface area (Å²) in [5.41, 5.74) is 7.26. The third-order valence-corrected chi connectivity index (χ3v) is 3.52. The summed E-state index contributed by atoms with van der Waals surface area (Å²) >= 11 is 0. The molecular formula is C13H21N3O2. The lowest BCUT2D eigenvalue weighted by molar-refractivity contribution is -0.123. The number of aryl methyl sites for hydroxylation is 2. The fourth-order valence-electron chi connectivity index (χ4n) is 2.25. The molecule has 100 valence electrons. The molecule has 0 amide bonds. The number of carbonyl (C=O) groups excluding carboxylic acids is 1. The zero-order valence-electron chi connectivity index (χ0n) is 11.1. The van der Waals surface area contributed by atoms with E-state index in [9.17, 15) is 4.79 Å². The van der Waals surface area contributed by atoms with Gasteiger partial charge in [0.05, 0.1) is 18.7 Å². The molecule has 0 aromatic carbocycles. The number of ether oxygens (including phenoxy) is 1. The van der Waals surface area contributed by atoms with Crippen LogP contribution in [0.15, 0.2) is 6.07 Å². The van der Waals surface area contributed by atoms with Crippen LogP contribution in [0.4, 0.5) is 0 Å². The van der Waals surface area contributed by atoms with Crippen molar-refractivity contribution in [1.29, 1.82) is 0 Å². The summed E-state index contributed by atoms with van der Waals surface area (Å²) in [6, 6.07) is 2.00. The molecule has 0 bridgehead atoms. The number of ketones is 1. The summed E-state index contributed by atoms with van der Waals surface area (Å²) in [4.78, 5) is 12.3. The Kier molecular flexibility index (Phi) is 3.82. The summed E-state index contributed by atoms with van der Waals surface area (Å²) < 4.78 is 7.12. The highest BCUT2D eigenvalue weighted by atomic mass is 16.5. The number of hydrogen-bond acceptors (Lipinski definition) is 4. The maximum atomic E-state index is 12.3. The van der Waals surface area contributed by atoms with Gasteiger partial charge in [-0.2, -0.15) is 5.10 Å². The number of rotatable bonds is 5. The van der Waals surface area contributed by atoms with Gasteiger partial charge in [-0.15, -0.1) is 0 Å². The van der Waals surface area contributed by atoms with Crippen molar-refractivity contribution in [1.82, 2.24) is 9.78 Å². The van der Waals surface area contributed by atoms with Gasteiger partial charge in [0.25, 0.3) is 0 Å². The third-order valence-electron chi connectivity index (χ3n) is 3.52. The molecule has 5 nitrogen and oxygen atoms in total. The maximum absolute atomic E-state index is 12.3. The molecule has 2 N–H and O–H groups in total. The van der Waals surface area contributed by atoms with Crippen LogP contribution in [0.25, 0.3) is 0 Å². The van der Waals surface area contributed by atoms with Crippen LogP contribution >= 0.6 is 0 Å². The minimum atomic E-state index is -0.796. The van der Waals surface area contributed by atoms with Crippen molar-refractivity contribution < 1.29 is 9.53 Å². The van der Waals surface area contributed by atoms with Gasteiger partial charge in [-0.25, -0.2) is 0 Å². The molecule has 18 heavy (non-hydrogen) atoms. The predicted molar refractivity (Wildman–Crippen MR) is 68.3 cm³/mol. The average molecular weight is 251 g/mol. The minimum absolute atomic E-state index is 0.0530. The van der Waals surface area contributed by atoms with Crippen LogP contribution in [0.3, 0.4) is 0 Å². The molecular weight excluding hydrogens is 230 g/mol. The highest BCUT2D eigenvalue weighted by Gasteiger charge is 2.38. The van der Waals surface area contributed by atoms with Gasteiger partial charge in [0.2, 0.25) is 0 Å². The number of nitrogens with zero attached hydrogens (tertiary/aromatic N) is 2. The number of hydrogen-bond donors (Lipinski definition) is 1. The molecule has 1 aromatic heterocycles. The van der Waals surface area contributed by atoms with Crippen molar-refractivity contribution in [3.05, 3.63) is 17.5 Å². The molecule has 1 unspecified atom stereocenters. The first-order valence-corrected chi connectivity index (χ1v) is 6.54. The van der Waals surface area contributed by atoms with E-state index in [1.165, 1.54) is 0 Å². The second kappa shape index (κ2) is 5.20. The summed E-state index contributed by atoms with van der Waals surface area (Å²) in [6.07, 6.45) is 1.85. The lowest BCUT2D eigenvalue weighted by Gasteiger charge is -2.19. The van der Waals surface area contributed by atoms with Gasteiger partial charge in [0, 0.05) is 18.8 Å². The standard InChI is InChI=1S/C13H21N3O2/c1-3-10-7-11(16(4-2)15-10)8-12(17)13(14)5-6-18-9-13/h7H,3-6,8-9,14H2,1-2H3. The van der Waals surface area contributed by atoms with Crippen molar-refractivity contribution in [3.63, 3.8) is 0 Å². The van der Waals surface area contributed by atoms with Crippen molar-refractivity contribution in [2.45, 2.75) is 45.2 Å². The number of aromatic nitrogens is 2. The van der Waals surface area contributed by atoms with Gasteiger partial charge in [-0.1, -0.05) is 6.92 Å². The Morgan fingerprint density at radius 2 is 2.39 bits per heavy atom. The summed E-state index contributed by atoms with van der Waals surface area (Å²) in [5, 5.41) is 4.44. The molecule has 1 aromatic rings. The molecule has 2 rings (SSSR count). The Morgan fingerprint density at radius 3 is 2.94 bits per heavy atom. The second-order valence-corrected chi connectivity index (χ2v) is 4.86. The highest BCUT2D eigenvalue weighted by Crippen LogP contribution is 2.19. The molecule has 0 spiro atoms. The van der Waals surface area contributed by atoms with Gasteiger partial charge < -0.3 is 10.5 Å². The quantitative estimate of drug-likeness (QED) is 0.836. The van der Waals surface area contributed by atoms with Gasteiger partial charge in [0.1, 0.15) is 5.54 Å². The molecule has 1 fully saturated rings. The smallest absolute Gasteiger partial charge is 0.161 e. The van der Waals surface area contributed by atoms with Gasteiger partial charge in [0.15, 0.2) is 5.78 Å².